The first-order valence-corrected chi connectivity index (χ1v) is 16.8. The van der Waals surface area contributed by atoms with E-state index >= 15 is 0 Å². The van der Waals surface area contributed by atoms with Gasteiger partial charge in [0.2, 0.25) is 0 Å². The van der Waals surface area contributed by atoms with Crippen molar-refractivity contribution in [2.45, 2.75) is 5.92 Å². The van der Waals surface area contributed by atoms with Crippen LogP contribution >= 0.6 is 0 Å². The molecule has 2 aliphatic carbocycles. The molecule has 0 spiro atoms. The lowest BCUT2D eigenvalue weighted by molar-refractivity contribution is 0.693. The summed E-state index contributed by atoms with van der Waals surface area (Å²) in [6, 6.07) is 53.2. The van der Waals surface area contributed by atoms with Crippen LogP contribution in [0.2, 0.25) is 0 Å². The van der Waals surface area contributed by atoms with Gasteiger partial charge in [-0.05, 0) is 94.6 Å². The van der Waals surface area contributed by atoms with Crippen LogP contribution < -0.4 is 0 Å². The molecule has 6 aromatic carbocycles. The molecule has 2 aliphatic rings. The van der Waals surface area contributed by atoms with Crippen molar-refractivity contribution in [3.05, 3.63) is 187 Å². The molecule has 0 saturated carbocycles. The van der Waals surface area contributed by atoms with E-state index in [-0.39, 0.29) is 0 Å². The first-order chi connectivity index (χ1) is 23.8. The van der Waals surface area contributed by atoms with E-state index in [2.05, 4.69) is 191 Å². The van der Waals surface area contributed by atoms with Crippen LogP contribution in [0.5, 0.6) is 0 Å². The fraction of sp³-hybridized carbons (Fsp3) is 0.0435. The van der Waals surface area contributed by atoms with Crippen LogP contribution in [0.3, 0.4) is 0 Å². The van der Waals surface area contributed by atoms with E-state index in [0.29, 0.717) is 11.8 Å². The Bertz CT molecular complexity index is 2600. The van der Waals surface area contributed by atoms with Crippen molar-refractivity contribution in [3.8, 4) is 33.6 Å². The molecule has 0 saturated heterocycles. The third kappa shape index (κ3) is 4.13. The highest BCUT2D eigenvalue weighted by molar-refractivity contribution is 6.12. The molecule has 0 bridgehead atoms. The predicted octanol–water partition coefficient (Wildman–Crippen LogP) is 11.9. The first kappa shape index (κ1) is 27.0. The van der Waals surface area contributed by atoms with Gasteiger partial charge in [-0.2, -0.15) is 0 Å². The summed E-state index contributed by atoms with van der Waals surface area (Å²) in [6.45, 7) is 0. The SMILES string of the molecule is C1=CC2C=Cc3c(c4cc(-c5ccc6c(c5)c5cc(-c7ccccc7)ccc5n6-c5ccccc5)ccc4n3-c3ccccc3)C2C=C1. The van der Waals surface area contributed by atoms with E-state index in [4.69, 9.17) is 0 Å². The zero-order valence-corrected chi connectivity index (χ0v) is 26.4. The number of para-hydroxylation sites is 2. The van der Waals surface area contributed by atoms with E-state index in [1.165, 1.54) is 77.6 Å². The van der Waals surface area contributed by atoms with Crippen LogP contribution in [0.15, 0.2) is 176 Å². The van der Waals surface area contributed by atoms with Crippen molar-refractivity contribution < 1.29 is 0 Å². The molecule has 2 heterocycles. The third-order valence-corrected chi connectivity index (χ3v) is 10.3. The number of nitrogens with zero attached hydrogens (tertiary/aromatic N) is 2. The summed E-state index contributed by atoms with van der Waals surface area (Å²) in [5, 5.41) is 3.85. The molecular formula is C46H32N2. The van der Waals surface area contributed by atoms with Crippen LogP contribution in [0.1, 0.15) is 17.2 Å². The number of hydrogen-bond donors (Lipinski definition) is 0. The largest absolute Gasteiger partial charge is 0.310 e. The molecule has 0 amide bonds. The quantitative estimate of drug-likeness (QED) is 0.187. The molecule has 0 aliphatic heterocycles. The van der Waals surface area contributed by atoms with E-state index in [9.17, 15) is 0 Å². The lowest BCUT2D eigenvalue weighted by atomic mass is 9.78. The van der Waals surface area contributed by atoms with Crippen LogP contribution in [0.25, 0.3) is 72.4 Å². The summed E-state index contributed by atoms with van der Waals surface area (Å²) in [7, 11) is 0. The molecule has 2 atom stereocenters. The zero-order chi connectivity index (χ0) is 31.6. The minimum atomic E-state index is 0.320. The smallest absolute Gasteiger partial charge is 0.0541 e. The maximum atomic E-state index is 2.44. The number of benzene rings is 6. The molecule has 2 heteroatoms. The Kier molecular flexibility index (Phi) is 6.04. The minimum absolute atomic E-state index is 0.320. The molecule has 0 fully saturated rings. The van der Waals surface area contributed by atoms with Crippen molar-refractivity contribution in [3.63, 3.8) is 0 Å². The zero-order valence-electron chi connectivity index (χ0n) is 26.4. The fourth-order valence-electron chi connectivity index (χ4n) is 8.05. The molecule has 8 aromatic rings. The van der Waals surface area contributed by atoms with Gasteiger partial charge in [-0.1, -0.05) is 115 Å². The number of rotatable bonds is 4. The highest BCUT2D eigenvalue weighted by Gasteiger charge is 2.30. The van der Waals surface area contributed by atoms with Crippen LogP contribution in [0.4, 0.5) is 0 Å². The van der Waals surface area contributed by atoms with Crippen LogP contribution in [0, 0.1) is 5.92 Å². The normalized spacial score (nSPS) is 16.5. The van der Waals surface area contributed by atoms with Crippen LogP contribution in [-0.4, -0.2) is 9.13 Å². The molecule has 10 rings (SSSR count). The predicted molar refractivity (Wildman–Crippen MR) is 202 cm³/mol. The monoisotopic (exact) mass is 612 g/mol. The second-order valence-electron chi connectivity index (χ2n) is 12.9. The highest BCUT2D eigenvalue weighted by Crippen LogP contribution is 2.46. The van der Waals surface area contributed by atoms with Gasteiger partial charge in [0, 0.05) is 39.4 Å². The molecule has 0 radical (unpaired) electrons. The maximum Gasteiger partial charge on any atom is 0.0541 e. The molecule has 48 heavy (non-hydrogen) atoms. The standard InChI is InChI=1S/C46H32N2/c1-4-12-31(13-5-1)33-21-24-42-39(28-33)40-29-34(22-25-43(40)47(42)36-15-6-2-7-16-36)35-23-26-44-41(30-35)46-38-19-11-10-14-32(38)20-27-45(46)48(44)37-17-8-3-9-18-37/h1-30,32,38H. The lowest BCUT2D eigenvalue weighted by Gasteiger charge is -2.26. The average Bonchev–Trinajstić information content (AvgIpc) is 3.68. The second kappa shape index (κ2) is 10.7. The second-order valence-corrected chi connectivity index (χ2v) is 12.9. The molecule has 2 nitrogen and oxygen atoms in total. The van der Waals surface area contributed by atoms with Crippen LogP contribution in [-0.2, 0) is 0 Å². The molecular weight excluding hydrogens is 581 g/mol. The number of hydrogen-bond acceptors (Lipinski definition) is 0. The van der Waals surface area contributed by atoms with Gasteiger partial charge in [-0.3, -0.25) is 0 Å². The summed E-state index contributed by atoms with van der Waals surface area (Å²) in [5.74, 6) is 0.695. The summed E-state index contributed by atoms with van der Waals surface area (Å²) in [6.07, 6.45) is 13.8. The van der Waals surface area contributed by atoms with Gasteiger partial charge >= 0.3 is 0 Å². The van der Waals surface area contributed by atoms with Gasteiger partial charge < -0.3 is 9.13 Å². The van der Waals surface area contributed by atoms with E-state index in [0.717, 1.165) is 0 Å². The summed E-state index contributed by atoms with van der Waals surface area (Å²) < 4.78 is 4.84. The molecule has 0 N–H and O–H groups in total. The Morgan fingerprint density at radius 2 is 0.896 bits per heavy atom. The van der Waals surface area contributed by atoms with E-state index in [1.54, 1.807) is 0 Å². The third-order valence-electron chi connectivity index (χ3n) is 10.3. The topological polar surface area (TPSA) is 9.86 Å². The van der Waals surface area contributed by atoms with E-state index < -0.39 is 0 Å². The van der Waals surface area contributed by atoms with Gasteiger partial charge in [0.05, 0.1) is 22.2 Å². The van der Waals surface area contributed by atoms with Crippen molar-refractivity contribution >= 4 is 38.8 Å². The maximum absolute atomic E-state index is 2.44. The van der Waals surface area contributed by atoms with Crippen molar-refractivity contribution in [1.29, 1.82) is 0 Å². The number of aromatic nitrogens is 2. The van der Waals surface area contributed by atoms with Gasteiger partial charge in [0.1, 0.15) is 0 Å². The van der Waals surface area contributed by atoms with Gasteiger partial charge in [-0.25, -0.2) is 0 Å². The fourth-order valence-corrected chi connectivity index (χ4v) is 8.05. The lowest BCUT2D eigenvalue weighted by Crippen LogP contribution is -2.13. The molecule has 2 unspecified atom stereocenters. The Labute approximate surface area is 279 Å². The number of allylic oxidation sites excluding steroid dienone is 5. The van der Waals surface area contributed by atoms with Crippen molar-refractivity contribution in [2.24, 2.45) is 5.92 Å². The van der Waals surface area contributed by atoms with Crippen molar-refractivity contribution in [1.82, 2.24) is 9.13 Å². The van der Waals surface area contributed by atoms with Gasteiger partial charge in [-0.15, -0.1) is 0 Å². The Morgan fingerprint density at radius 1 is 0.396 bits per heavy atom. The number of fused-ring (bicyclic) bond motifs is 8. The Morgan fingerprint density at radius 3 is 1.52 bits per heavy atom. The Hall–Kier alpha value is -6.12. The van der Waals surface area contributed by atoms with E-state index in [1.807, 2.05) is 0 Å². The summed E-state index contributed by atoms with van der Waals surface area (Å²) >= 11 is 0. The Balaban J connectivity index is 1.20. The summed E-state index contributed by atoms with van der Waals surface area (Å²) in [5.41, 5.74) is 13.7. The molecule has 226 valence electrons. The minimum Gasteiger partial charge on any atom is -0.310 e. The van der Waals surface area contributed by atoms with Crippen molar-refractivity contribution in [2.75, 3.05) is 0 Å². The highest BCUT2D eigenvalue weighted by atomic mass is 15.0. The average molecular weight is 613 g/mol. The summed E-state index contributed by atoms with van der Waals surface area (Å²) in [4.78, 5) is 0. The first-order valence-electron chi connectivity index (χ1n) is 16.8. The van der Waals surface area contributed by atoms with Gasteiger partial charge in [0.15, 0.2) is 0 Å². The molecule has 2 aromatic heterocycles. The van der Waals surface area contributed by atoms with Gasteiger partial charge in [0.25, 0.3) is 0 Å².